The average Bonchev–Trinajstić information content (AvgIpc) is 2.96. The molecular weight excluding hydrogens is 382 g/mol. The first-order valence-corrected chi connectivity index (χ1v) is 10.8. The van der Waals surface area contributed by atoms with Gasteiger partial charge in [0.25, 0.3) is 0 Å². The number of carboxylic acid groups (broad SMARTS) is 1. The van der Waals surface area contributed by atoms with E-state index in [0.29, 0.717) is 0 Å². The molecule has 1 aliphatic rings. The minimum absolute atomic E-state index is 0.0435. The Labute approximate surface area is 163 Å². The zero-order chi connectivity index (χ0) is 20.3. The SMILES string of the molecule is CS(=O)(=O)CCN(CC(=O)O)C(=O)OCC1c2ccccc2-c2ccccc21. The van der Waals surface area contributed by atoms with Crippen LogP contribution >= 0.6 is 0 Å². The van der Waals surface area contributed by atoms with Gasteiger partial charge in [-0.2, -0.15) is 0 Å². The maximum absolute atomic E-state index is 12.4. The molecule has 0 heterocycles. The van der Waals surface area contributed by atoms with Gasteiger partial charge in [0.2, 0.25) is 0 Å². The Balaban J connectivity index is 1.74. The molecule has 0 radical (unpaired) electrons. The van der Waals surface area contributed by atoms with E-state index in [9.17, 15) is 18.0 Å². The summed E-state index contributed by atoms with van der Waals surface area (Å²) < 4.78 is 28.1. The van der Waals surface area contributed by atoms with Crippen LogP contribution in [0.3, 0.4) is 0 Å². The quantitative estimate of drug-likeness (QED) is 0.762. The van der Waals surface area contributed by atoms with Crippen molar-refractivity contribution in [1.29, 1.82) is 0 Å². The molecule has 1 N–H and O–H groups in total. The molecule has 0 saturated carbocycles. The number of rotatable bonds is 7. The fraction of sp³-hybridized carbons (Fsp3) is 0.300. The number of carbonyl (C=O) groups excluding carboxylic acids is 1. The van der Waals surface area contributed by atoms with Crippen LogP contribution in [0.25, 0.3) is 11.1 Å². The van der Waals surface area contributed by atoms with Crippen molar-refractivity contribution >= 4 is 21.9 Å². The number of nitrogens with zero attached hydrogens (tertiary/aromatic N) is 1. The van der Waals surface area contributed by atoms with Crippen LogP contribution in [0, 0.1) is 0 Å². The van der Waals surface area contributed by atoms with Crippen LogP contribution in [0.5, 0.6) is 0 Å². The second-order valence-electron chi connectivity index (χ2n) is 6.75. The molecule has 28 heavy (non-hydrogen) atoms. The lowest BCUT2D eigenvalue weighted by Gasteiger charge is -2.21. The Bertz CT molecular complexity index is 956. The van der Waals surface area contributed by atoms with Crippen LogP contribution in [-0.4, -0.2) is 62.2 Å². The van der Waals surface area contributed by atoms with Gasteiger partial charge in [-0.05, 0) is 22.3 Å². The topological polar surface area (TPSA) is 101 Å². The Hall–Kier alpha value is -2.87. The molecule has 1 amide bonds. The van der Waals surface area contributed by atoms with E-state index in [1.807, 2.05) is 48.5 Å². The number of carbonyl (C=O) groups is 2. The first-order valence-electron chi connectivity index (χ1n) is 8.75. The number of sulfone groups is 1. The fourth-order valence-corrected chi connectivity index (χ4v) is 3.91. The van der Waals surface area contributed by atoms with E-state index in [1.54, 1.807) is 0 Å². The third kappa shape index (κ3) is 4.51. The molecule has 0 fully saturated rings. The van der Waals surface area contributed by atoms with Gasteiger partial charge in [0.15, 0.2) is 0 Å². The van der Waals surface area contributed by atoms with Gasteiger partial charge in [-0.25, -0.2) is 13.2 Å². The third-order valence-corrected chi connectivity index (χ3v) is 5.58. The van der Waals surface area contributed by atoms with Crippen molar-refractivity contribution in [3.05, 3.63) is 59.7 Å². The molecular formula is C20H21NO6S. The Morgan fingerprint density at radius 2 is 1.57 bits per heavy atom. The standard InChI is InChI=1S/C20H21NO6S/c1-28(25,26)11-10-21(12-19(22)23)20(24)27-13-18-16-8-4-2-6-14(16)15-7-3-5-9-17(15)18/h2-9,18H,10-13H2,1H3,(H,22,23). The number of carboxylic acids is 1. The van der Waals surface area contributed by atoms with Crippen LogP contribution in [-0.2, 0) is 19.4 Å². The highest BCUT2D eigenvalue weighted by Crippen LogP contribution is 2.44. The van der Waals surface area contributed by atoms with Crippen molar-refractivity contribution in [1.82, 2.24) is 4.90 Å². The highest BCUT2D eigenvalue weighted by Gasteiger charge is 2.30. The van der Waals surface area contributed by atoms with Crippen molar-refractivity contribution in [2.45, 2.75) is 5.92 Å². The molecule has 0 bridgehead atoms. The summed E-state index contributed by atoms with van der Waals surface area (Å²) in [5, 5.41) is 9.00. The zero-order valence-corrected chi connectivity index (χ0v) is 16.2. The molecule has 0 atom stereocenters. The Kier molecular flexibility index (Phi) is 5.69. The van der Waals surface area contributed by atoms with Crippen molar-refractivity contribution in [2.75, 3.05) is 31.7 Å². The van der Waals surface area contributed by atoms with Crippen LogP contribution in [0.2, 0.25) is 0 Å². The number of hydrogen-bond donors (Lipinski definition) is 1. The van der Waals surface area contributed by atoms with E-state index < -0.39 is 28.4 Å². The van der Waals surface area contributed by atoms with Gasteiger partial charge in [-0.3, -0.25) is 9.69 Å². The predicted octanol–water partition coefficient (Wildman–Crippen LogP) is 2.37. The molecule has 1 aliphatic carbocycles. The van der Waals surface area contributed by atoms with E-state index in [-0.39, 0.29) is 24.8 Å². The first-order chi connectivity index (χ1) is 13.3. The monoisotopic (exact) mass is 403 g/mol. The number of fused-ring (bicyclic) bond motifs is 3. The van der Waals surface area contributed by atoms with Gasteiger partial charge in [0.1, 0.15) is 23.0 Å². The predicted molar refractivity (Wildman–Crippen MR) is 104 cm³/mol. The van der Waals surface area contributed by atoms with E-state index in [1.165, 1.54) is 0 Å². The van der Waals surface area contributed by atoms with Crippen molar-refractivity contribution in [2.24, 2.45) is 0 Å². The smallest absolute Gasteiger partial charge is 0.410 e. The van der Waals surface area contributed by atoms with E-state index in [4.69, 9.17) is 9.84 Å². The second kappa shape index (κ2) is 8.02. The normalized spacial score (nSPS) is 12.9. The van der Waals surface area contributed by atoms with Crippen molar-refractivity contribution in [3.63, 3.8) is 0 Å². The summed E-state index contributed by atoms with van der Waals surface area (Å²) in [6, 6.07) is 15.7. The largest absolute Gasteiger partial charge is 0.480 e. The summed E-state index contributed by atoms with van der Waals surface area (Å²) in [6.07, 6.45) is 0.192. The Morgan fingerprint density at radius 1 is 1.04 bits per heavy atom. The molecule has 8 heteroatoms. The number of ether oxygens (including phenoxy) is 1. The van der Waals surface area contributed by atoms with Crippen LogP contribution < -0.4 is 0 Å². The van der Waals surface area contributed by atoms with Crippen molar-refractivity contribution < 1.29 is 27.9 Å². The van der Waals surface area contributed by atoms with Crippen LogP contribution in [0.4, 0.5) is 4.79 Å². The number of aliphatic carboxylic acids is 1. The van der Waals surface area contributed by atoms with Crippen LogP contribution in [0.15, 0.2) is 48.5 Å². The maximum Gasteiger partial charge on any atom is 0.410 e. The van der Waals surface area contributed by atoms with E-state index in [0.717, 1.165) is 33.4 Å². The molecule has 7 nitrogen and oxygen atoms in total. The lowest BCUT2D eigenvalue weighted by atomic mass is 9.98. The summed E-state index contributed by atoms with van der Waals surface area (Å²) in [5.41, 5.74) is 4.24. The molecule has 0 aliphatic heterocycles. The highest BCUT2D eigenvalue weighted by molar-refractivity contribution is 7.90. The lowest BCUT2D eigenvalue weighted by molar-refractivity contribution is -0.137. The minimum Gasteiger partial charge on any atom is -0.480 e. The van der Waals surface area contributed by atoms with Gasteiger partial charge < -0.3 is 9.84 Å². The summed E-state index contributed by atoms with van der Waals surface area (Å²) in [6.45, 7) is -0.810. The maximum atomic E-state index is 12.4. The third-order valence-electron chi connectivity index (χ3n) is 4.65. The fourth-order valence-electron chi connectivity index (χ4n) is 3.36. The molecule has 0 saturated heterocycles. The summed E-state index contributed by atoms with van der Waals surface area (Å²) in [5.74, 6) is -1.72. The van der Waals surface area contributed by atoms with E-state index >= 15 is 0 Å². The average molecular weight is 403 g/mol. The zero-order valence-electron chi connectivity index (χ0n) is 15.4. The number of amides is 1. The molecule has 0 unspecified atom stereocenters. The van der Waals surface area contributed by atoms with Crippen LogP contribution in [0.1, 0.15) is 17.0 Å². The molecule has 0 spiro atoms. The van der Waals surface area contributed by atoms with Crippen molar-refractivity contribution in [3.8, 4) is 11.1 Å². The van der Waals surface area contributed by atoms with Gasteiger partial charge in [-0.15, -0.1) is 0 Å². The van der Waals surface area contributed by atoms with E-state index in [2.05, 4.69) is 0 Å². The molecule has 148 valence electrons. The molecule has 2 aromatic carbocycles. The Morgan fingerprint density at radius 3 is 2.07 bits per heavy atom. The molecule has 2 aromatic rings. The van der Waals surface area contributed by atoms with Gasteiger partial charge in [0.05, 0.1) is 5.75 Å². The van der Waals surface area contributed by atoms with Gasteiger partial charge in [-0.1, -0.05) is 48.5 Å². The minimum atomic E-state index is -3.34. The lowest BCUT2D eigenvalue weighted by Crippen LogP contribution is -2.39. The number of hydrogen-bond acceptors (Lipinski definition) is 5. The summed E-state index contributed by atoms with van der Waals surface area (Å²) in [4.78, 5) is 24.3. The molecule has 3 rings (SSSR count). The van der Waals surface area contributed by atoms with Gasteiger partial charge in [0, 0.05) is 18.7 Å². The summed E-state index contributed by atoms with van der Waals surface area (Å²) in [7, 11) is -3.34. The number of benzene rings is 2. The molecule has 0 aromatic heterocycles. The second-order valence-corrected chi connectivity index (χ2v) is 9.01. The summed E-state index contributed by atoms with van der Waals surface area (Å²) >= 11 is 0. The highest BCUT2D eigenvalue weighted by atomic mass is 32.2. The first kappa shape index (κ1) is 19.9. The van der Waals surface area contributed by atoms with Gasteiger partial charge >= 0.3 is 12.1 Å².